The predicted octanol–water partition coefficient (Wildman–Crippen LogP) is 3.54. The van der Waals surface area contributed by atoms with Crippen LogP contribution >= 0.6 is 0 Å². The van der Waals surface area contributed by atoms with Gasteiger partial charge >= 0.3 is 0 Å². The SMILES string of the molecule is c1cncc(-c2nc3cnccn3c2NC2CCCCC2)c1. The molecule has 112 valence electrons. The van der Waals surface area contributed by atoms with Gasteiger partial charge in [-0.25, -0.2) is 4.98 Å². The van der Waals surface area contributed by atoms with Crippen molar-refractivity contribution in [2.24, 2.45) is 0 Å². The summed E-state index contributed by atoms with van der Waals surface area (Å²) in [5.41, 5.74) is 2.84. The molecule has 1 aliphatic rings. The summed E-state index contributed by atoms with van der Waals surface area (Å²) in [6.07, 6.45) is 15.6. The fourth-order valence-electron chi connectivity index (χ4n) is 3.19. The van der Waals surface area contributed by atoms with Gasteiger partial charge in [0.25, 0.3) is 0 Å². The van der Waals surface area contributed by atoms with Crippen LogP contribution in [0.2, 0.25) is 0 Å². The minimum atomic E-state index is 0.525. The van der Waals surface area contributed by atoms with Gasteiger partial charge in [-0.1, -0.05) is 19.3 Å². The summed E-state index contributed by atoms with van der Waals surface area (Å²) < 4.78 is 2.09. The number of hydrogen-bond donors (Lipinski definition) is 1. The number of pyridine rings is 1. The summed E-state index contributed by atoms with van der Waals surface area (Å²) in [5, 5.41) is 3.72. The first-order valence-electron chi connectivity index (χ1n) is 7.91. The Bertz CT molecular complexity index is 759. The highest BCUT2D eigenvalue weighted by molar-refractivity contribution is 5.75. The number of nitrogens with one attached hydrogen (secondary N) is 1. The summed E-state index contributed by atoms with van der Waals surface area (Å²) in [7, 11) is 0. The monoisotopic (exact) mass is 293 g/mol. The zero-order valence-electron chi connectivity index (χ0n) is 12.4. The van der Waals surface area contributed by atoms with E-state index in [1.807, 2.05) is 24.5 Å². The molecule has 1 N–H and O–H groups in total. The van der Waals surface area contributed by atoms with Crippen LogP contribution in [0, 0.1) is 0 Å². The zero-order valence-corrected chi connectivity index (χ0v) is 12.4. The molecule has 0 saturated heterocycles. The van der Waals surface area contributed by atoms with Crippen LogP contribution in [0.1, 0.15) is 32.1 Å². The Morgan fingerprint density at radius 2 is 1.91 bits per heavy atom. The zero-order chi connectivity index (χ0) is 14.8. The maximum Gasteiger partial charge on any atom is 0.157 e. The molecule has 3 aromatic rings. The Morgan fingerprint density at radius 1 is 1.05 bits per heavy atom. The van der Waals surface area contributed by atoms with E-state index in [4.69, 9.17) is 4.98 Å². The lowest BCUT2D eigenvalue weighted by atomic mass is 9.95. The van der Waals surface area contributed by atoms with Crippen LogP contribution in [0.15, 0.2) is 43.1 Å². The highest BCUT2D eigenvalue weighted by atomic mass is 15.2. The van der Waals surface area contributed by atoms with Gasteiger partial charge in [-0.2, -0.15) is 0 Å². The van der Waals surface area contributed by atoms with E-state index in [1.54, 1.807) is 18.6 Å². The lowest BCUT2D eigenvalue weighted by molar-refractivity contribution is 0.461. The number of anilines is 1. The first-order chi connectivity index (χ1) is 10.9. The Morgan fingerprint density at radius 3 is 2.73 bits per heavy atom. The molecular weight excluding hydrogens is 274 g/mol. The van der Waals surface area contributed by atoms with E-state index in [0.717, 1.165) is 22.7 Å². The average Bonchev–Trinajstić information content (AvgIpc) is 2.95. The van der Waals surface area contributed by atoms with Crippen molar-refractivity contribution in [3.8, 4) is 11.3 Å². The smallest absolute Gasteiger partial charge is 0.157 e. The molecule has 0 unspecified atom stereocenters. The molecule has 4 rings (SSSR count). The van der Waals surface area contributed by atoms with Crippen LogP contribution in [0.5, 0.6) is 0 Å². The molecule has 5 nitrogen and oxygen atoms in total. The minimum Gasteiger partial charge on any atom is -0.367 e. The summed E-state index contributed by atoms with van der Waals surface area (Å²) in [6, 6.07) is 4.52. The van der Waals surface area contributed by atoms with Gasteiger partial charge in [0.2, 0.25) is 0 Å². The average molecular weight is 293 g/mol. The second kappa shape index (κ2) is 5.75. The third kappa shape index (κ3) is 2.43. The fourth-order valence-corrected chi connectivity index (χ4v) is 3.19. The Hall–Kier alpha value is -2.43. The van der Waals surface area contributed by atoms with Gasteiger partial charge in [0.05, 0.1) is 6.20 Å². The summed E-state index contributed by atoms with van der Waals surface area (Å²) in [4.78, 5) is 13.2. The molecule has 0 spiro atoms. The molecule has 0 atom stereocenters. The van der Waals surface area contributed by atoms with E-state index in [2.05, 4.69) is 19.7 Å². The van der Waals surface area contributed by atoms with E-state index in [1.165, 1.54) is 32.1 Å². The molecule has 0 amide bonds. The van der Waals surface area contributed by atoms with Crippen molar-refractivity contribution in [1.82, 2.24) is 19.4 Å². The Kier molecular flexibility index (Phi) is 3.46. The van der Waals surface area contributed by atoms with Crippen molar-refractivity contribution < 1.29 is 0 Å². The molecule has 0 radical (unpaired) electrons. The maximum atomic E-state index is 4.75. The first-order valence-corrected chi connectivity index (χ1v) is 7.91. The number of hydrogen-bond acceptors (Lipinski definition) is 4. The molecule has 1 fully saturated rings. The fraction of sp³-hybridized carbons (Fsp3) is 0.353. The largest absolute Gasteiger partial charge is 0.367 e. The number of aromatic nitrogens is 4. The molecule has 5 heteroatoms. The highest BCUT2D eigenvalue weighted by Crippen LogP contribution is 2.30. The minimum absolute atomic E-state index is 0.525. The molecule has 3 heterocycles. The van der Waals surface area contributed by atoms with Crippen LogP contribution in [0.25, 0.3) is 16.9 Å². The topological polar surface area (TPSA) is 55.1 Å². The molecule has 0 aliphatic heterocycles. The third-order valence-electron chi connectivity index (χ3n) is 4.31. The van der Waals surface area contributed by atoms with Crippen LogP contribution in [0.4, 0.5) is 5.82 Å². The lowest BCUT2D eigenvalue weighted by Crippen LogP contribution is -2.23. The van der Waals surface area contributed by atoms with Crippen molar-refractivity contribution >= 4 is 11.5 Å². The van der Waals surface area contributed by atoms with Crippen molar-refractivity contribution in [2.75, 3.05) is 5.32 Å². The molecular formula is C17H19N5. The normalized spacial score (nSPS) is 16.0. The van der Waals surface area contributed by atoms with E-state index >= 15 is 0 Å². The van der Waals surface area contributed by atoms with E-state index in [9.17, 15) is 0 Å². The van der Waals surface area contributed by atoms with Gasteiger partial charge in [0, 0.05) is 36.4 Å². The van der Waals surface area contributed by atoms with Gasteiger partial charge < -0.3 is 5.32 Å². The molecule has 1 aliphatic carbocycles. The molecule has 1 saturated carbocycles. The summed E-state index contributed by atoms with van der Waals surface area (Å²) >= 11 is 0. The standard InChI is InChI=1S/C17H19N5/c1-2-6-14(7-3-1)20-17-16(13-5-4-8-18-11-13)21-15-12-19-9-10-22(15)17/h4-5,8-12,14,20H,1-3,6-7H2. The van der Waals surface area contributed by atoms with Crippen LogP contribution < -0.4 is 5.32 Å². The molecule has 0 bridgehead atoms. The van der Waals surface area contributed by atoms with Gasteiger partial charge in [-0.05, 0) is 25.0 Å². The molecule has 3 aromatic heterocycles. The van der Waals surface area contributed by atoms with E-state index in [-0.39, 0.29) is 0 Å². The molecule has 22 heavy (non-hydrogen) atoms. The number of imidazole rings is 1. The number of fused-ring (bicyclic) bond motifs is 1. The number of rotatable bonds is 3. The van der Waals surface area contributed by atoms with Crippen molar-refractivity contribution in [2.45, 2.75) is 38.1 Å². The highest BCUT2D eigenvalue weighted by Gasteiger charge is 2.19. The maximum absolute atomic E-state index is 4.75. The molecule has 0 aromatic carbocycles. The van der Waals surface area contributed by atoms with Crippen molar-refractivity contribution in [1.29, 1.82) is 0 Å². The van der Waals surface area contributed by atoms with Crippen molar-refractivity contribution in [3.05, 3.63) is 43.1 Å². The van der Waals surface area contributed by atoms with Gasteiger partial charge in [-0.15, -0.1) is 0 Å². The first kappa shape index (κ1) is 13.2. The van der Waals surface area contributed by atoms with Crippen LogP contribution in [-0.2, 0) is 0 Å². The Labute approximate surface area is 129 Å². The summed E-state index contributed by atoms with van der Waals surface area (Å²) in [6.45, 7) is 0. The number of nitrogens with zero attached hydrogens (tertiary/aromatic N) is 4. The second-order valence-corrected chi connectivity index (χ2v) is 5.83. The summed E-state index contributed by atoms with van der Waals surface area (Å²) in [5.74, 6) is 1.05. The van der Waals surface area contributed by atoms with E-state index < -0.39 is 0 Å². The van der Waals surface area contributed by atoms with Gasteiger partial charge in [0.15, 0.2) is 5.65 Å². The van der Waals surface area contributed by atoms with Gasteiger partial charge in [0.1, 0.15) is 11.5 Å². The lowest BCUT2D eigenvalue weighted by Gasteiger charge is -2.24. The Balaban J connectivity index is 1.79. The third-order valence-corrected chi connectivity index (χ3v) is 4.31. The second-order valence-electron chi connectivity index (χ2n) is 5.83. The van der Waals surface area contributed by atoms with Crippen LogP contribution in [-0.4, -0.2) is 25.4 Å². The predicted molar refractivity (Wildman–Crippen MR) is 86.7 cm³/mol. The van der Waals surface area contributed by atoms with E-state index in [0.29, 0.717) is 6.04 Å². The quantitative estimate of drug-likeness (QED) is 0.802. The van der Waals surface area contributed by atoms with Gasteiger partial charge in [-0.3, -0.25) is 14.4 Å². The van der Waals surface area contributed by atoms with Crippen molar-refractivity contribution in [3.63, 3.8) is 0 Å². The van der Waals surface area contributed by atoms with Crippen LogP contribution in [0.3, 0.4) is 0 Å².